The Morgan fingerprint density at radius 1 is 1.11 bits per heavy atom. The SMILES string of the molecule is Cc1ccn2nc(CC(=O)C(Cc3ccccc3)NC(=O)C=Cc3cc(Cl)ccc3-n3cnnn3)nc2c1. The summed E-state index contributed by atoms with van der Waals surface area (Å²) in [6.45, 7) is 1.97. The molecule has 0 bridgehead atoms. The van der Waals surface area contributed by atoms with Crippen molar-refractivity contribution in [1.29, 1.82) is 0 Å². The van der Waals surface area contributed by atoms with Gasteiger partial charge in [-0.1, -0.05) is 41.9 Å². The molecule has 0 aliphatic heterocycles. The Hall–Kier alpha value is -4.70. The predicted octanol–water partition coefficient (Wildman–Crippen LogP) is 3.22. The van der Waals surface area contributed by atoms with Crippen LogP contribution in [0, 0.1) is 6.92 Å². The highest BCUT2D eigenvalue weighted by atomic mass is 35.5. The van der Waals surface area contributed by atoms with Crippen molar-refractivity contribution in [3.8, 4) is 5.69 Å². The molecule has 1 N–H and O–H groups in total. The lowest BCUT2D eigenvalue weighted by Gasteiger charge is -2.16. The van der Waals surface area contributed by atoms with Crippen LogP contribution in [0.1, 0.15) is 22.5 Å². The summed E-state index contributed by atoms with van der Waals surface area (Å²) >= 11 is 6.17. The number of nitrogens with zero attached hydrogens (tertiary/aromatic N) is 7. The van der Waals surface area contributed by atoms with Gasteiger partial charge >= 0.3 is 0 Å². The lowest BCUT2D eigenvalue weighted by Crippen LogP contribution is -2.42. The van der Waals surface area contributed by atoms with Gasteiger partial charge < -0.3 is 5.32 Å². The Labute approximate surface area is 223 Å². The van der Waals surface area contributed by atoms with E-state index >= 15 is 0 Å². The number of rotatable bonds is 9. The van der Waals surface area contributed by atoms with Gasteiger partial charge in [-0.05, 0) is 71.3 Å². The molecule has 190 valence electrons. The second-order valence-corrected chi connectivity index (χ2v) is 9.16. The van der Waals surface area contributed by atoms with Gasteiger partial charge in [-0.2, -0.15) is 9.78 Å². The van der Waals surface area contributed by atoms with Crippen molar-refractivity contribution in [3.63, 3.8) is 0 Å². The van der Waals surface area contributed by atoms with Crippen molar-refractivity contribution < 1.29 is 9.59 Å². The molecule has 1 atom stereocenters. The van der Waals surface area contributed by atoms with E-state index in [0.29, 0.717) is 34.2 Å². The molecular formula is C27H23ClN8O2. The smallest absolute Gasteiger partial charge is 0.244 e. The van der Waals surface area contributed by atoms with Gasteiger partial charge in [0.1, 0.15) is 6.33 Å². The van der Waals surface area contributed by atoms with Gasteiger partial charge in [0.25, 0.3) is 0 Å². The maximum Gasteiger partial charge on any atom is 0.244 e. The number of aryl methyl sites for hydroxylation is 1. The molecule has 3 aromatic heterocycles. The number of halogens is 1. The van der Waals surface area contributed by atoms with Crippen LogP contribution in [0.25, 0.3) is 17.4 Å². The summed E-state index contributed by atoms with van der Waals surface area (Å²) in [7, 11) is 0. The van der Waals surface area contributed by atoms with E-state index in [4.69, 9.17) is 11.6 Å². The largest absolute Gasteiger partial charge is 0.342 e. The molecule has 5 aromatic rings. The minimum Gasteiger partial charge on any atom is -0.342 e. The maximum absolute atomic E-state index is 13.4. The van der Waals surface area contributed by atoms with E-state index in [-0.39, 0.29) is 12.2 Å². The Kier molecular flexibility index (Phi) is 7.32. The number of hydrogen-bond acceptors (Lipinski definition) is 7. The molecule has 2 aromatic carbocycles. The predicted molar refractivity (Wildman–Crippen MR) is 142 cm³/mol. The highest BCUT2D eigenvalue weighted by Crippen LogP contribution is 2.20. The van der Waals surface area contributed by atoms with Crippen LogP contribution in [0.2, 0.25) is 5.02 Å². The Morgan fingerprint density at radius 3 is 2.74 bits per heavy atom. The third-order valence-corrected chi connectivity index (χ3v) is 6.09. The van der Waals surface area contributed by atoms with Crippen molar-refractivity contribution in [3.05, 3.63) is 107 Å². The van der Waals surface area contributed by atoms with Gasteiger partial charge in [-0.15, -0.1) is 5.10 Å². The standard InChI is InChI=1S/C27H23ClN8O2/c1-18-11-12-35-26(13-18)31-25(32-35)16-24(37)22(14-19-5-3-2-4-6-19)30-27(38)10-7-20-15-21(28)8-9-23(20)36-17-29-33-34-36/h2-13,15,17,22H,14,16H2,1H3,(H,30,38). The Morgan fingerprint density at radius 2 is 1.95 bits per heavy atom. The maximum atomic E-state index is 13.4. The molecule has 1 amide bonds. The lowest BCUT2D eigenvalue weighted by atomic mass is 10.00. The van der Waals surface area contributed by atoms with Gasteiger partial charge in [0.2, 0.25) is 5.91 Å². The summed E-state index contributed by atoms with van der Waals surface area (Å²) in [5.41, 5.74) is 3.92. The van der Waals surface area contributed by atoms with Crippen LogP contribution in [0.15, 0.2) is 79.3 Å². The van der Waals surface area contributed by atoms with Crippen LogP contribution in [0.3, 0.4) is 0 Å². The summed E-state index contributed by atoms with van der Waals surface area (Å²) in [6, 6.07) is 17.7. The summed E-state index contributed by atoms with van der Waals surface area (Å²) in [5.74, 6) is -0.227. The van der Waals surface area contributed by atoms with Crippen molar-refractivity contribution in [1.82, 2.24) is 40.1 Å². The molecule has 1 unspecified atom stereocenters. The molecule has 11 heteroatoms. The van der Waals surface area contributed by atoms with Crippen LogP contribution < -0.4 is 5.32 Å². The second-order valence-electron chi connectivity index (χ2n) is 8.72. The average Bonchev–Trinajstić information content (AvgIpc) is 3.57. The zero-order chi connectivity index (χ0) is 26.5. The number of tetrazole rings is 1. The molecule has 0 aliphatic rings. The lowest BCUT2D eigenvalue weighted by molar-refractivity contribution is -0.125. The van der Waals surface area contributed by atoms with E-state index in [1.165, 1.54) is 17.1 Å². The number of hydrogen-bond donors (Lipinski definition) is 1. The highest BCUT2D eigenvalue weighted by molar-refractivity contribution is 6.30. The number of benzene rings is 2. The first-order chi connectivity index (χ1) is 18.4. The van der Waals surface area contributed by atoms with Gasteiger partial charge in [-0.3, -0.25) is 9.59 Å². The molecule has 0 spiro atoms. The van der Waals surface area contributed by atoms with Crippen LogP contribution in [-0.2, 0) is 22.4 Å². The highest BCUT2D eigenvalue weighted by Gasteiger charge is 2.22. The molecule has 5 rings (SSSR count). The van der Waals surface area contributed by atoms with Gasteiger partial charge in [0.15, 0.2) is 17.3 Å². The normalized spacial score (nSPS) is 12.2. The third-order valence-electron chi connectivity index (χ3n) is 5.86. The summed E-state index contributed by atoms with van der Waals surface area (Å²) < 4.78 is 3.11. The summed E-state index contributed by atoms with van der Waals surface area (Å²) in [5, 5.41) is 19.0. The Bertz CT molecular complexity index is 1610. The Balaban J connectivity index is 1.35. The molecule has 0 radical (unpaired) electrons. The topological polar surface area (TPSA) is 120 Å². The first-order valence-corrected chi connectivity index (χ1v) is 12.2. The molecule has 0 aliphatic carbocycles. The van der Waals surface area contributed by atoms with Crippen LogP contribution >= 0.6 is 11.6 Å². The number of carbonyl (C=O) groups excluding carboxylic acids is 2. The molecule has 10 nitrogen and oxygen atoms in total. The first-order valence-electron chi connectivity index (χ1n) is 11.8. The van der Waals surface area contributed by atoms with Gasteiger partial charge in [0, 0.05) is 22.9 Å². The van der Waals surface area contributed by atoms with Gasteiger partial charge in [-0.25, -0.2) is 9.50 Å². The van der Waals surface area contributed by atoms with E-state index < -0.39 is 11.9 Å². The fourth-order valence-corrected chi connectivity index (χ4v) is 4.18. The molecule has 0 saturated heterocycles. The molecule has 0 saturated carbocycles. The van der Waals surface area contributed by atoms with E-state index in [9.17, 15) is 9.59 Å². The number of pyridine rings is 1. The van der Waals surface area contributed by atoms with Crippen molar-refractivity contribution in [2.45, 2.75) is 25.8 Å². The van der Waals surface area contributed by atoms with E-state index in [2.05, 4.69) is 30.9 Å². The van der Waals surface area contributed by atoms with E-state index in [1.807, 2.05) is 49.4 Å². The minimum absolute atomic E-state index is 0.0139. The average molecular weight is 527 g/mol. The third kappa shape index (κ3) is 5.98. The van der Waals surface area contributed by atoms with Crippen LogP contribution in [0.4, 0.5) is 0 Å². The number of amides is 1. The van der Waals surface area contributed by atoms with Crippen LogP contribution in [-0.4, -0.2) is 52.5 Å². The number of ketones is 1. The number of Topliss-reactive ketones (excluding diaryl/α,β-unsaturated/α-hetero) is 1. The van der Waals surface area contributed by atoms with Crippen molar-refractivity contribution in [2.75, 3.05) is 0 Å². The monoisotopic (exact) mass is 526 g/mol. The first kappa shape index (κ1) is 25.0. The van der Waals surface area contributed by atoms with E-state index in [0.717, 1.165) is 11.1 Å². The zero-order valence-electron chi connectivity index (χ0n) is 20.4. The molecule has 3 heterocycles. The van der Waals surface area contributed by atoms with Crippen LogP contribution in [0.5, 0.6) is 0 Å². The number of fused-ring (bicyclic) bond motifs is 1. The number of aromatic nitrogens is 7. The summed E-state index contributed by atoms with van der Waals surface area (Å²) in [6.07, 6.45) is 6.53. The zero-order valence-corrected chi connectivity index (χ0v) is 21.2. The molecule has 38 heavy (non-hydrogen) atoms. The second kappa shape index (κ2) is 11.1. The molecular weight excluding hydrogens is 504 g/mol. The fraction of sp³-hybridized carbons (Fsp3) is 0.148. The van der Waals surface area contributed by atoms with Crippen molar-refractivity contribution >= 4 is 35.0 Å². The van der Waals surface area contributed by atoms with E-state index in [1.54, 1.807) is 35.0 Å². The van der Waals surface area contributed by atoms with Crippen molar-refractivity contribution in [2.24, 2.45) is 0 Å². The number of nitrogens with one attached hydrogen (secondary N) is 1. The fourth-order valence-electron chi connectivity index (χ4n) is 4.00. The quantitative estimate of drug-likeness (QED) is 0.293. The summed E-state index contributed by atoms with van der Waals surface area (Å²) in [4.78, 5) is 30.8. The molecule has 0 fully saturated rings. The number of carbonyl (C=O) groups is 2. The van der Waals surface area contributed by atoms with Gasteiger partial charge in [0.05, 0.1) is 18.2 Å². The minimum atomic E-state index is -0.777.